The summed E-state index contributed by atoms with van der Waals surface area (Å²) < 4.78 is 5.26. The Balaban J connectivity index is 1.82. The highest BCUT2D eigenvalue weighted by molar-refractivity contribution is 6.30. The summed E-state index contributed by atoms with van der Waals surface area (Å²) >= 11 is 5.86. The van der Waals surface area contributed by atoms with Crippen LogP contribution >= 0.6 is 11.6 Å². The summed E-state index contributed by atoms with van der Waals surface area (Å²) in [5.74, 6) is 0.822. The van der Waals surface area contributed by atoms with Gasteiger partial charge in [-0.3, -0.25) is 9.69 Å². The van der Waals surface area contributed by atoms with Gasteiger partial charge in [0.25, 0.3) is 0 Å². The summed E-state index contributed by atoms with van der Waals surface area (Å²) in [6.45, 7) is 2.88. The lowest BCUT2D eigenvalue weighted by atomic mass is 10.1. The van der Waals surface area contributed by atoms with Gasteiger partial charge in [-0.25, -0.2) is 0 Å². The Morgan fingerprint density at radius 2 is 2.05 bits per heavy atom. The summed E-state index contributed by atoms with van der Waals surface area (Å²) in [5.41, 5.74) is 1.03. The van der Waals surface area contributed by atoms with Gasteiger partial charge in [-0.15, -0.1) is 0 Å². The second-order valence-corrected chi connectivity index (χ2v) is 5.53. The van der Waals surface area contributed by atoms with Crippen molar-refractivity contribution in [1.29, 1.82) is 0 Å². The largest absolute Gasteiger partial charge is 0.468 e. The van der Waals surface area contributed by atoms with Crippen molar-refractivity contribution < 1.29 is 9.21 Å². The standard InChI is InChI=1S/C16H19ClN2O2/c1-12(13-5-7-14(17)8-6-13)18-16(20)11-19(2)10-15-4-3-9-21-15/h3-9,12H,10-11H2,1-2H3,(H,18,20). The molecular formula is C16H19ClN2O2. The van der Waals surface area contributed by atoms with Gasteiger partial charge in [0.05, 0.1) is 25.4 Å². The number of rotatable bonds is 6. The monoisotopic (exact) mass is 306 g/mol. The molecule has 0 fully saturated rings. The first-order valence-electron chi connectivity index (χ1n) is 6.80. The predicted molar refractivity (Wildman–Crippen MR) is 83.1 cm³/mol. The van der Waals surface area contributed by atoms with E-state index in [0.717, 1.165) is 11.3 Å². The Morgan fingerprint density at radius 3 is 2.67 bits per heavy atom. The van der Waals surface area contributed by atoms with Crippen LogP contribution in [-0.4, -0.2) is 24.4 Å². The van der Waals surface area contributed by atoms with Crippen molar-refractivity contribution in [2.45, 2.75) is 19.5 Å². The number of halogens is 1. The van der Waals surface area contributed by atoms with E-state index in [-0.39, 0.29) is 11.9 Å². The maximum atomic E-state index is 12.0. The topological polar surface area (TPSA) is 45.5 Å². The SMILES string of the molecule is CC(NC(=O)CN(C)Cc1ccco1)c1ccc(Cl)cc1. The zero-order chi connectivity index (χ0) is 15.2. The molecule has 0 bridgehead atoms. The molecule has 0 radical (unpaired) electrons. The average molecular weight is 307 g/mol. The van der Waals surface area contributed by atoms with Gasteiger partial charge in [0.1, 0.15) is 5.76 Å². The van der Waals surface area contributed by atoms with Crippen molar-refractivity contribution in [3.8, 4) is 0 Å². The molecule has 2 aromatic rings. The van der Waals surface area contributed by atoms with Crippen LogP contribution < -0.4 is 5.32 Å². The highest BCUT2D eigenvalue weighted by Gasteiger charge is 2.12. The molecule has 1 aromatic heterocycles. The molecule has 1 unspecified atom stereocenters. The molecule has 1 aromatic carbocycles. The minimum atomic E-state index is -0.0493. The molecule has 5 heteroatoms. The zero-order valence-corrected chi connectivity index (χ0v) is 12.9. The van der Waals surface area contributed by atoms with Crippen molar-refractivity contribution in [2.75, 3.05) is 13.6 Å². The van der Waals surface area contributed by atoms with Gasteiger partial charge in [0, 0.05) is 5.02 Å². The number of hydrogen-bond donors (Lipinski definition) is 1. The van der Waals surface area contributed by atoms with Crippen LogP contribution in [0.4, 0.5) is 0 Å². The van der Waals surface area contributed by atoms with Crippen molar-refractivity contribution in [1.82, 2.24) is 10.2 Å². The fraction of sp³-hybridized carbons (Fsp3) is 0.312. The van der Waals surface area contributed by atoms with Crippen LogP contribution in [-0.2, 0) is 11.3 Å². The Labute approximate surface area is 129 Å². The third-order valence-electron chi connectivity index (χ3n) is 3.17. The molecule has 0 saturated carbocycles. The van der Waals surface area contributed by atoms with E-state index in [0.29, 0.717) is 18.1 Å². The molecule has 0 aliphatic rings. The van der Waals surface area contributed by atoms with Crippen molar-refractivity contribution in [2.24, 2.45) is 0 Å². The summed E-state index contributed by atoms with van der Waals surface area (Å²) in [4.78, 5) is 13.9. The lowest BCUT2D eigenvalue weighted by Crippen LogP contribution is -2.36. The molecule has 0 aliphatic carbocycles. The van der Waals surface area contributed by atoms with Crippen LogP contribution in [0.2, 0.25) is 5.02 Å². The van der Waals surface area contributed by atoms with Gasteiger partial charge in [-0.2, -0.15) is 0 Å². The number of carbonyl (C=O) groups is 1. The molecule has 1 heterocycles. The van der Waals surface area contributed by atoms with E-state index in [4.69, 9.17) is 16.0 Å². The van der Waals surface area contributed by atoms with Crippen molar-refractivity contribution in [3.63, 3.8) is 0 Å². The molecule has 21 heavy (non-hydrogen) atoms. The maximum absolute atomic E-state index is 12.0. The molecule has 1 atom stereocenters. The van der Waals surface area contributed by atoms with E-state index in [1.165, 1.54) is 0 Å². The van der Waals surface area contributed by atoms with Crippen LogP contribution in [0.25, 0.3) is 0 Å². The Hall–Kier alpha value is -1.78. The van der Waals surface area contributed by atoms with Crippen LogP contribution in [0.5, 0.6) is 0 Å². The number of hydrogen-bond acceptors (Lipinski definition) is 3. The molecule has 2 rings (SSSR count). The molecule has 1 amide bonds. The molecule has 112 valence electrons. The highest BCUT2D eigenvalue weighted by atomic mass is 35.5. The maximum Gasteiger partial charge on any atom is 0.234 e. The third-order valence-corrected chi connectivity index (χ3v) is 3.42. The Morgan fingerprint density at radius 1 is 1.33 bits per heavy atom. The van der Waals surface area contributed by atoms with Crippen LogP contribution in [0.3, 0.4) is 0 Å². The molecule has 0 saturated heterocycles. The molecule has 4 nitrogen and oxygen atoms in total. The predicted octanol–water partition coefficient (Wildman–Crippen LogP) is 3.24. The zero-order valence-electron chi connectivity index (χ0n) is 12.2. The Bertz CT molecular complexity index is 566. The van der Waals surface area contributed by atoms with Gasteiger partial charge >= 0.3 is 0 Å². The fourth-order valence-corrected chi connectivity index (χ4v) is 2.22. The highest BCUT2D eigenvalue weighted by Crippen LogP contribution is 2.15. The summed E-state index contributed by atoms with van der Waals surface area (Å²) in [5, 5.41) is 3.66. The van der Waals surface area contributed by atoms with Gasteiger partial charge in [-0.1, -0.05) is 23.7 Å². The Kier molecular flexibility index (Phi) is 5.42. The van der Waals surface area contributed by atoms with E-state index >= 15 is 0 Å². The van der Waals surface area contributed by atoms with Gasteiger partial charge in [0.2, 0.25) is 5.91 Å². The number of likely N-dealkylation sites (N-methyl/N-ethyl adjacent to an activating group) is 1. The minimum absolute atomic E-state index is 0.0218. The first-order chi connectivity index (χ1) is 10.0. The third kappa shape index (κ3) is 4.92. The number of carbonyl (C=O) groups excluding carboxylic acids is 1. The van der Waals surface area contributed by atoms with E-state index < -0.39 is 0 Å². The second kappa shape index (κ2) is 7.29. The lowest BCUT2D eigenvalue weighted by molar-refractivity contribution is -0.122. The van der Waals surface area contributed by atoms with E-state index in [1.54, 1.807) is 6.26 Å². The van der Waals surface area contributed by atoms with E-state index in [2.05, 4.69) is 5.32 Å². The average Bonchev–Trinajstić information content (AvgIpc) is 2.91. The second-order valence-electron chi connectivity index (χ2n) is 5.09. The molecule has 0 spiro atoms. The van der Waals surface area contributed by atoms with Gasteiger partial charge in [-0.05, 0) is 43.8 Å². The first-order valence-corrected chi connectivity index (χ1v) is 7.18. The number of furan rings is 1. The van der Waals surface area contributed by atoms with Crippen LogP contribution in [0, 0.1) is 0 Å². The quantitative estimate of drug-likeness (QED) is 0.891. The molecule has 1 N–H and O–H groups in total. The normalized spacial score (nSPS) is 12.4. The summed E-state index contributed by atoms with van der Waals surface area (Å²) in [6.07, 6.45) is 1.63. The fourth-order valence-electron chi connectivity index (χ4n) is 2.09. The number of benzene rings is 1. The van der Waals surface area contributed by atoms with E-state index in [9.17, 15) is 4.79 Å². The van der Waals surface area contributed by atoms with Crippen LogP contribution in [0.15, 0.2) is 47.1 Å². The number of nitrogens with one attached hydrogen (secondary N) is 1. The minimum Gasteiger partial charge on any atom is -0.468 e. The van der Waals surface area contributed by atoms with E-state index in [1.807, 2.05) is 55.3 Å². The molecular weight excluding hydrogens is 288 g/mol. The summed E-state index contributed by atoms with van der Waals surface area (Å²) in [6, 6.07) is 11.2. The smallest absolute Gasteiger partial charge is 0.234 e. The van der Waals surface area contributed by atoms with Crippen LogP contribution in [0.1, 0.15) is 24.3 Å². The number of nitrogens with zero attached hydrogens (tertiary/aromatic N) is 1. The summed E-state index contributed by atoms with van der Waals surface area (Å²) in [7, 11) is 1.88. The lowest BCUT2D eigenvalue weighted by Gasteiger charge is -2.18. The van der Waals surface area contributed by atoms with Crippen molar-refractivity contribution >= 4 is 17.5 Å². The van der Waals surface area contributed by atoms with Gasteiger partial charge in [0.15, 0.2) is 0 Å². The molecule has 0 aliphatic heterocycles. The number of amides is 1. The first kappa shape index (κ1) is 15.6. The van der Waals surface area contributed by atoms with Crippen molar-refractivity contribution in [3.05, 3.63) is 59.0 Å². The van der Waals surface area contributed by atoms with Gasteiger partial charge < -0.3 is 9.73 Å².